The summed E-state index contributed by atoms with van der Waals surface area (Å²) in [5, 5.41) is 0. The molecule has 0 saturated heterocycles. The fraction of sp³-hybridized carbons (Fsp3) is 0.538. The Morgan fingerprint density at radius 3 is 2.75 bits per heavy atom. The summed E-state index contributed by atoms with van der Waals surface area (Å²) in [7, 11) is 1.73. The number of nitrogens with two attached hydrogens (primary N) is 1. The molecule has 0 aliphatic carbocycles. The summed E-state index contributed by atoms with van der Waals surface area (Å²) in [6, 6.07) is 8.59. The normalized spacial score (nSPS) is 11.0. The number of ether oxygens (including phenoxy) is 1. The van der Waals surface area contributed by atoms with Crippen molar-refractivity contribution in [2.45, 2.75) is 13.5 Å². The van der Waals surface area contributed by atoms with Crippen molar-refractivity contribution in [2.75, 3.05) is 33.4 Å². The lowest BCUT2D eigenvalue weighted by molar-refractivity contribution is 0.146. The smallest absolute Gasteiger partial charge is 0.0589 e. The van der Waals surface area contributed by atoms with Gasteiger partial charge < -0.3 is 10.5 Å². The Labute approximate surface area is 98.2 Å². The molecule has 0 bridgehead atoms. The molecule has 1 aromatic carbocycles. The number of benzene rings is 1. The van der Waals surface area contributed by atoms with Crippen LogP contribution in [0.2, 0.25) is 0 Å². The van der Waals surface area contributed by atoms with Gasteiger partial charge >= 0.3 is 0 Å². The molecule has 16 heavy (non-hydrogen) atoms. The summed E-state index contributed by atoms with van der Waals surface area (Å²) in [6.07, 6.45) is 0. The minimum absolute atomic E-state index is 0.690. The van der Waals surface area contributed by atoms with Gasteiger partial charge in [0.1, 0.15) is 0 Å². The molecule has 0 aliphatic heterocycles. The molecule has 1 aromatic rings. The van der Waals surface area contributed by atoms with E-state index in [-0.39, 0.29) is 0 Å². The van der Waals surface area contributed by atoms with Gasteiger partial charge in [0.25, 0.3) is 0 Å². The first-order valence-electron chi connectivity index (χ1n) is 5.73. The molecule has 3 heteroatoms. The molecular formula is C13H22N2O. The zero-order valence-corrected chi connectivity index (χ0v) is 10.3. The molecule has 2 N–H and O–H groups in total. The third-order valence-corrected chi connectivity index (χ3v) is 2.55. The van der Waals surface area contributed by atoms with Gasteiger partial charge in [-0.2, -0.15) is 0 Å². The summed E-state index contributed by atoms with van der Waals surface area (Å²) >= 11 is 0. The number of rotatable bonds is 7. The van der Waals surface area contributed by atoms with E-state index in [9.17, 15) is 0 Å². The quantitative estimate of drug-likeness (QED) is 0.758. The Bertz CT molecular complexity index is 302. The van der Waals surface area contributed by atoms with Crippen LogP contribution in [0.25, 0.3) is 0 Å². The molecular weight excluding hydrogens is 200 g/mol. The largest absolute Gasteiger partial charge is 0.383 e. The van der Waals surface area contributed by atoms with Gasteiger partial charge in [0, 0.05) is 33.3 Å². The summed E-state index contributed by atoms with van der Waals surface area (Å²) in [4.78, 5) is 2.32. The van der Waals surface area contributed by atoms with E-state index in [1.54, 1.807) is 7.11 Å². The summed E-state index contributed by atoms with van der Waals surface area (Å²) < 4.78 is 5.10. The number of nitrogens with zero attached hydrogens (tertiary/aromatic N) is 1. The van der Waals surface area contributed by atoms with Crippen molar-refractivity contribution in [3.63, 3.8) is 0 Å². The van der Waals surface area contributed by atoms with Crippen molar-refractivity contribution >= 4 is 0 Å². The molecule has 1 rings (SSSR count). The molecule has 0 unspecified atom stereocenters. The molecule has 0 radical (unpaired) electrons. The van der Waals surface area contributed by atoms with Gasteiger partial charge in [0.15, 0.2) is 0 Å². The van der Waals surface area contributed by atoms with Crippen molar-refractivity contribution < 1.29 is 4.74 Å². The zero-order chi connectivity index (χ0) is 11.8. The van der Waals surface area contributed by atoms with Crippen LogP contribution in [0.4, 0.5) is 0 Å². The lowest BCUT2D eigenvalue weighted by Crippen LogP contribution is -2.31. The van der Waals surface area contributed by atoms with E-state index >= 15 is 0 Å². The highest BCUT2D eigenvalue weighted by Gasteiger charge is 2.04. The molecule has 90 valence electrons. The molecule has 3 nitrogen and oxygen atoms in total. The third kappa shape index (κ3) is 4.75. The lowest BCUT2D eigenvalue weighted by Gasteiger charge is -2.21. The summed E-state index contributed by atoms with van der Waals surface area (Å²) in [5.74, 6) is 0. The maximum absolute atomic E-state index is 5.60. The SMILES string of the molecule is COCCN(CCN)Cc1cccc(C)c1. The van der Waals surface area contributed by atoms with E-state index in [1.807, 2.05) is 0 Å². The van der Waals surface area contributed by atoms with E-state index in [1.165, 1.54) is 11.1 Å². The summed E-state index contributed by atoms with van der Waals surface area (Å²) in [5.41, 5.74) is 8.24. The number of methoxy groups -OCH3 is 1. The zero-order valence-electron chi connectivity index (χ0n) is 10.3. The Hall–Kier alpha value is -0.900. The Morgan fingerprint density at radius 2 is 2.12 bits per heavy atom. The van der Waals surface area contributed by atoms with E-state index in [4.69, 9.17) is 10.5 Å². The minimum atomic E-state index is 0.690. The second-order valence-electron chi connectivity index (χ2n) is 4.05. The Morgan fingerprint density at radius 1 is 1.31 bits per heavy atom. The fourth-order valence-electron chi connectivity index (χ4n) is 1.74. The molecule has 0 amide bonds. The predicted molar refractivity (Wildman–Crippen MR) is 67.4 cm³/mol. The number of hydrogen-bond donors (Lipinski definition) is 1. The van der Waals surface area contributed by atoms with Crippen LogP contribution >= 0.6 is 0 Å². The molecule has 0 heterocycles. The van der Waals surface area contributed by atoms with Crippen LogP contribution in [0, 0.1) is 6.92 Å². The average Bonchev–Trinajstić information content (AvgIpc) is 2.26. The predicted octanol–water partition coefficient (Wildman–Crippen LogP) is 1.40. The first-order valence-corrected chi connectivity index (χ1v) is 5.73. The lowest BCUT2D eigenvalue weighted by atomic mass is 10.1. The second-order valence-corrected chi connectivity index (χ2v) is 4.05. The highest BCUT2D eigenvalue weighted by atomic mass is 16.5. The molecule has 0 atom stereocenters. The van der Waals surface area contributed by atoms with Gasteiger partial charge in [-0.05, 0) is 12.5 Å². The van der Waals surface area contributed by atoms with Crippen LogP contribution in [-0.4, -0.2) is 38.3 Å². The highest BCUT2D eigenvalue weighted by molar-refractivity contribution is 5.22. The van der Waals surface area contributed by atoms with Crippen LogP contribution in [0.3, 0.4) is 0 Å². The maximum Gasteiger partial charge on any atom is 0.0589 e. The van der Waals surface area contributed by atoms with E-state index in [0.717, 1.165) is 26.2 Å². The van der Waals surface area contributed by atoms with Gasteiger partial charge in [-0.3, -0.25) is 4.90 Å². The van der Waals surface area contributed by atoms with Gasteiger partial charge in [-0.25, -0.2) is 0 Å². The number of hydrogen-bond acceptors (Lipinski definition) is 3. The van der Waals surface area contributed by atoms with Gasteiger partial charge in [0.05, 0.1) is 6.61 Å². The number of aryl methyl sites for hydroxylation is 1. The molecule has 0 aliphatic rings. The minimum Gasteiger partial charge on any atom is -0.383 e. The Balaban J connectivity index is 2.52. The van der Waals surface area contributed by atoms with Crippen LogP contribution in [-0.2, 0) is 11.3 Å². The van der Waals surface area contributed by atoms with Crippen molar-refractivity contribution in [3.05, 3.63) is 35.4 Å². The van der Waals surface area contributed by atoms with Crippen molar-refractivity contribution in [2.24, 2.45) is 5.73 Å². The Kier molecular flexibility index (Phi) is 6.08. The standard InChI is InChI=1S/C13H22N2O/c1-12-4-3-5-13(10-12)11-15(7-6-14)8-9-16-2/h3-5,10H,6-9,11,14H2,1-2H3. The van der Waals surface area contributed by atoms with E-state index < -0.39 is 0 Å². The molecule has 0 aromatic heterocycles. The third-order valence-electron chi connectivity index (χ3n) is 2.55. The monoisotopic (exact) mass is 222 g/mol. The second kappa shape index (κ2) is 7.39. The van der Waals surface area contributed by atoms with Crippen molar-refractivity contribution in [1.29, 1.82) is 0 Å². The summed E-state index contributed by atoms with van der Waals surface area (Å²) in [6.45, 7) is 6.36. The molecule has 0 fully saturated rings. The van der Waals surface area contributed by atoms with E-state index in [0.29, 0.717) is 6.54 Å². The first-order chi connectivity index (χ1) is 7.76. The highest BCUT2D eigenvalue weighted by Crippen LogP contribution is 2.07. The van der Waals surface area contributed by atoms with Crippen LogP contribution in [0.1, 0.15) is 11.1 Å². The van der Waals surface area contributed by atoms with Crippen LogP contribution in [0.5, 0.6) is 0 Å². The van der Waals surface area contributed by atoms with Crippen molar-refractivity contribution in [3.8, 4) is 0 Å². The topological polar surface area (TPSA) is 38.5 Å². The van der Waals surface area contributed by atoms with Crippen LogP contribution in [0.15, 0.2) is 24.3 Å². The molecule has 0 saturated carbocycles. The first kappa shape index (κ1) is 13.2. The molecule has 0 spiro atoms. The van der Waals surface area contributed by atoms with Gasteiger partial charge in [-0.1, -0.05) is 29.8 Å². The van der Waals surface area contributed by atoms with E-state index in [2.05, 4.69) is 36.1 Å². The van der Waals surface area contributed by atoms with Gasteiger partial charge in [-0.15, -0.1) is 0 Å². The van der Waals surface area contributed by atoms with Crippen LogP contribution < -0.4 is 5.73 Å². The van der Waals surface area contributed by atoms with Gasteiger partial charge in [0.2, 0.25) is 0 Å². The maximum atomic E-state index is 5.60. The fourth-order valence-corrected chi connectivity index (χ4v) is 1.74. The average molecular weight is 222 g/mol. The van der Waals surface area contributed by atoms with Crippen molar-refractivity contribution in [1.82, 2.24) is 4.90 Å².